The van der Waals surface area contributed by atoms with Crippen LogP contribution in [0.3, 0.4) is 0 Å². The Hall–Kier alpha value is -3.28. The van der Waals surface area contributed by atoms with Gasteiger partial charge in [-0.1, -0.05) is 47.0 Å². The Morgan fingerprint density at radius 2 is 1.63 bits per heavy atom. The standard InChI is InChI=1S/C23H15Cl2NO4/c1-12-2-7-20-16(8-12)19(27)11-21(30-20)13-3-5-14(6-4-13)23(29)26-15-9-17(24)22(28)18(25)10-15/h2-11,28H,1H3,(H,26,29). The number of fused-ring (bicyclic) bond motifs is 1. The van der Waals surface area contributed by atoms with Gasteiger partial charge in [0, 0.05) is 22.9 Å². The number of aryl methyl sites for hydroxylation is 1. The van der Waals surface area contributed by atoms with E-state index in [0.29, 0.717) is 33.5 Å². The number of carbonyl (C=O) groups is 1. The van der Waals surface area contributed by atoms with Gasteiger partial charge < -0.3 is 14.8 Å². The van der Waals surface area contributed by atoms with Crippen LogP contribution in [-0.2, 0) is 0 Å². The Bertz CT molecular complexity index is 1320. The normalized spacial score (nSPS) is 10.9. The van der Waals surface area contributed by atoms with E-state index in [1.54, 1.807) is 36.4 Å². The molecule has 0 spiro atoms. The maximum absolute atomic E-state index is 12.5. The predicted molar refractivity (Wildman–Crippen MR) is 119 cm³/mol. The highest BCUT2D eigenvalue weighted by Gasteiger charge is 2.12. The molecule has 0 unspecified atom stereocenters. The summed E-state index contributed by atoms with van der Waals surface area (Å²) >= 11 is 11.8. The largest absolute Gasteiger partial charge is 0.505 e. The Balaban J connectivity index is 1.60. The molecule has 4 aromatic rings. The zero-order valence-corrected chi connectivity index (χ0v) is 17.2. The van der Waals surface area contributed by atoms with E-state index >= 15 is 0 Å². The van der Waals surface area contributed by atoms with Gasteiger partial charge in [-0.05, 0) is 43.3 Å². The molecule has 4 rings (SSSR count). The van der Waals surface area contributed by atoms with Crippen LogP contribution in [0.15, 0.2) is 69.9 Å². The lowest BCUT2D eigenvalue weighted by molar-refractivity contribution is 0.102. The van der Waals surface area contributed by atoms with Gasteiger partial charge in [0.1, 0.15) is 11.3 Å². The first kappa shape index (κ1) is 20.0. The number of benzene rings is 3. The molecule has 0 aliphatic rings. The van der Waals surface area contributed by atoms with Crippen molar-refractivity contribution in [2.45, 2.75) is 6.92 Å². The number of rotatable bonds is 3. The molecule has 2 N–H and O–H groups in total. The Morgan fingerprint density at radius 1 is 0.967 bits per heavy atom. The number of hydrogen-bond donors (Lipinski definition) is 2. The van der Waals surface area contributed by atoms with Crippen molar-refractivity contribution in [1.82, 2.24) is 0 Å². The second-order valence-electron chi connectivity index (χ2n) is 6.79. The highest BCUT2D eigenvalue weighted by Crippen LogP contribution is 2.34. The van der Waals surface area contributed by atoms with E-state index in [1.807, 2.05) is 13.0 Å². The molecular weight excluding hydrogens is 425 g/mol. The van der Waals surface area contributed by atoms with Crippen LogP contribution in [-0.4, -0.2) is 11.0 Å². The van der Waals surface area contributed by atoms with Crippen molar-refractivity contribution in [3.8, 4) is 17.1 Å². The van der Waals surface area contributed by atoms with Gasteiger partial charge in [-0.3, -0.25) is 9.59 Å². The molecular formula is C23H15Cl2NO4. The van der Waals surface area contributed by atoms with Crippen molar-refractivity contribution < 1.29 is 14.3 Å². The Labute approximate surface area is 181 Å². The molecule has 0 radical (unpaired) electrons. The molecule has 1 aromatic heterocycles. The van der Waals surface area contributed by atoms with Crippen molar-refractivity contribution in [2.24, 2.45) is 0 Å². The molecule has 150 valence electrons. The second kappa shape index (κ2) is 7.86. The summed E-state index contributed by atoms with van der Waals surface area (Å²) in [6.45, 7) is 1.91. The predicted octanol–water partition coefficient (Wildman–Crippen LogP) is 6.03. The molecule has 0 bridgehead atoms. The first-order valence-corrected chi connectivity index (χ1v) is 9.72. The number of carbonyl (C=O) groups excluding carboxylic acids is 1. The molecule has 0 aliphatic heterocycles. The van der Waals surface area contributed by atoms with E-state index in [0.717, 1.165) is 5.56 Å². The van der Waals surface area contributed by atoms with Crippen LogP contribution in [0, 0.1) is 6.92 Å². The first-order valence-electron chi connectivity index (χ1n) is 8.96. The zero-order chi connectivity index (χ0) is 21.4. The van der Waals surface area contributed by atoms with Crippen LogP contribution >= 0.6 is 23.2 Å². The highest BCUT2D eigenvalue weighted by atomic mass is 35.5. The molecule has 1 heterocycles. The third kappa shape index (κ3) is 3.90. The molecule has 7 heteroatoms. The van der Waals surface area contributed by atoms with E-state index in [4.69, 9.17) is 27.6 Å². The fraction of sp³-hybridized carbons (Fsp3) is 0.0435. The number of nitrogens with one attached hydrogen (secondary N) is 1. The van der Waals surface area contributed by atoms with Crippen LogP contribution < -0.4 is 10.7 Å². The highest BCUT2D eigenvalue weighted by molar-refractivity contribution is 6.37. The number of amides is 1. The summed E-state index contributed by atoms with van der Waals surface area (Å²) in [5.41, 5.74) is 2.77. The maximum atomic E-state index is 12.5. The van der Waals surface area contributed by atoms with Crippen LogP contribution in [0.25, 0.3) is 22.3 Å². The third-order valence-corrected chi connectivity index (χ3v) is 5.17. The van der Waals surface area contributed by atoms with Crippen LogP contribution in [0.5, 0.6) is 5.75 Å². The lowest BCUT2D eigenvalue weighted by Gasteiger charge is -2.09. The summed E-state index contributed by atoms with van der Waals surface area (Å²) in [7, 11) is 0. The smallest absolute Gasteiger partial charge is 0.255 e. The first-order chi connectivity index (χ1) is 14.3. The summed E-state index contributed by atoms with van der Waals surface area (Å²) in [4.78, 5) is 24.9. The number of halogens is 2. The van der Waals surface area contributed by atoms with Gasteiger partial charge in [0.05, 0.1) is 15.4 Å². The van der Waals surface area contributed by atoms with Gasteiger partial charge >= 0.3 is 0 Å². The molecule has 3 aromatic carbocycles. The van der Waals surface area contributed by atoms with Gasteiger partial charge in [-0.25, -0.2) is 0 Å². The maximum Gasteiger partial charge on any atom is 0.255 e. The lowest BCUT2D eigenvalue weighted by atomic mass is 10.1. The van der Waals surface area contributed by atoms with Gasteiger partial charge in [-0.15, -0.1) is 0 Å². The molecule has 0 atom stereocenters. The van der Waals surface area contributed by atoms with Gasteiger partial charge in [-0.2, -0.15) is 0 Å². The third-order valence-electron chi connectivity index (χ3n) is 4.59. The summed E-state index contributed by atoms with van der Waals surface area (Å²) in [5.74, 6) is -0.206. The molecule has 0 aliphatic carbocycles. The zero-order valence-electron chi connectivity index (χ0n) is 15.7. The Kier molecular flexibility index (Phi) is 5.24. The van der Waals surface area contributed by atoms with E-state index in [2.05, 4.69) is 5.32 Å². The van der Waals surface area contributed by atoms with Crippen LogP contribution in [0.1, 0.15) is 15.9 Å². The molecule has 5 nitrogen and oxygen atoms in total. The second-order valence-corrected chi connectivity index (χ2v) is 7.61. The monoisotopic (exact) mass is 439 g/mol. The molecule has 1 amide bonds. The van der Waals surface area contributed by atoms with Crippen molar-refractivity contribution in [2.75, 3.05) is 5.32 Å². The molecule has 30 heavy (non-hydrogen) atoms. The summed E-state index contributed by atoms with van der Waals surface area (Å²) in [5, 5.41) is 12.9. The SMILES string of the molecule is Cc1ccc2oc(-c3ccc(C(=O)Nc4cc(Cl)c(O)c(Cl)c4)cc3)cc(=O)c2c1. The molecule has 0 saturated carbocycles. The minimum Gasteiger partial charge on any atom is -0.505 e. The van der Waals surface area contributed by atoms with E-state index in [9.17, 15) is 14.7 Å². The summed E-state index contributed by atoms with van der Waals surface area (Å²) < 4.78 is 5.86. The lowest BCUT2D eigenvalue weighted by Crippen LogP contribution is -2.11. The van der Waals surface area contributed by atoms with Crippen LogP contribution in [0.4, 0.5) is 5.69 Å². The summed E-state index contributed by atoms with van der Waals surface area (Å²) in [6, 6.07) is 16.3. The number of phenols is 1. The van der Waals surface area contributed by atoms with Gasteiger partial charge in [0.15, 0.2) is 11.2 Å². The average Bonchev–Trinajstić information content (AvgIpc) is 2.72. The average molecular weight is 440 g/mol. The van der Waals surface area contributed by atoms with Crippen molar-refractivity contribution >= 4 is 45.8 Å². The van der Waals surface area contributed by atoms with Crippen molar-refractivity contribution in [1.29, 1.82) is 0 Å². The minimum atomic E-state index is -0.380. The Morgan fingerprint density at radius 3 is 2.30 bits per heavy atom. The van der Waals surface area contributed by atoms with E-state index in [-0.39, 0.29) is 27.1 Å². The molecule has 0 saturated heterocycles. The topological polar surface area (TPSA) is 79.5 Å². The molecule has 0 fully saturated rings. The van der Waals surface area contributed by atoms with Gasteiger partial charge in [0.2, 0.25) is 0 Å². The van der Waals surface area contributed by atoms with Crippen molar-refractivity contribution in [3.63, 3.8) is 0 Å². The number of aromatic hydroxyl groups is 1. The van der Waals surface area contributed by atoms with E-state index < -0.39 is 0 Å². The van der Waals surface area contributed by atoms with Gasteiger partial charge in [0.25, 0.3) is 5.91 Å². The fourth-order valence-electron chi connectivity index (χ4n) is 3.04. The van der Waals surface area contributed by atoms with Crippen LogP contribution in [0.2, 0.25) is 10.0 Å². The summed E-state index contributed by atoms with van der Waals surface area (Å²) in [6.07, 6.45) is 0. The fourth-order valence-corrected chi connectivity index (χ4v) is 3.53. The quantitative estimate of drug-likeness (QED) is 0.381. The van der Waals surface area contributed by atoms with Crippen molar-refractivity contribution in [3.05, 3.63) is 92.1 Å². The minimum absolute atomic E-state index is 0.0367. The number of hydrogen-bond acceptors (Lipinski definition) is 4. The number of anilines is 1. The number of phenolic OH excluding ortho intramolecular Hbond substituents is 1. The van der Waals surface area contributed by atoms with E-state index in [1.165, 1.54) is 18.2 Å².